The fourth-order valence-corrected chi connectivity index (χ4v) is 3.77. The molecule has 8 nitrogen and oxygen atoms in total. The maximum atomic E-state index is 12.4. The van der Waals surface area contributed by atoms with Crippen LogP contribution in [0.25, 0.3) is 0 Å². The van der Waals surface area contributed by atoms with E-state index in [9.17, 15) is 13.2 Å². The zero-order chi connectivity index (χ0) is 19.2. The average molecular weight is 378 g/mol. The summed E-state index contributed by atoms with van der Waals surface area (Å²) in [5, 5.41) is 5.26. The van der Waals surface area contributed by atoms with Crippen LogP contribution in [0.2, 0.25) is 0 Å². The number of hydrogen-bond donors (Lipinski definition) is 3. The molecule has 0 bridgehead atoms. The van der Waals surface area contributed by atoms with E-state index in [0.717, 1.165) is 0 Å². The molecule has 1 aromatic heterocycles. The fraction of sp³-hybridized carbons (Fsp3) is 0.294. The van der Waals surface area contributed by atoms with Gasteiger partial charge in [-0.2, -0.15) is 0 Å². The SMILES string of the molecule is COc1ncccc1NC(=O)NCc1ccccc1S(=O)(=O)NC(C)C. The summed E-state index contributed by atoms with van der Waals surface area (Å²) < 4.78 is 32.4. The first kappa shape index (κ1) is 19.7. The Morgan fingerprint density at radius 2 is 1.92 bits per heavy atom. The predicted octanol–water partition coefficient (Wildman–Crippen LogP) is 2.10. The number of pyridine rings is 1. The van der Waals surface area contributed by atoms with Gasteiger partial charge in [0.2, 0.25) is 15.9 Å². The molecule has 0 saturated heterocycles. The van der Waals surface area contributed by atoms with E-state index in [1.54, 1.807) is 50.4 Å². The molecule has 0 aliphatic carbocycles. The second kappa shape index (κ2) is 8.63. The van der Waals surface area contributed by atoms with Crippen LogP contribution in [0.1, 0.15) is 19.4 Å². The van der Waals surface area contributed by atoms with E-state index in [-0.39, 0.29) is 23.4 Å². The van der Waals surface area contributed by atoms with E-state index in [0.29, 0.717) is 11.3 Å². The third-order valence-corrected chi connectivity index (χ3v) is 5.06. The van der Waals surface area contributed by atoms with Gasteiger partial charge in [-0.3, -0.25) is 0 Å². The molecule has 0 spiro atoms. The lowest BCUT2D eigenvalue weighted by Gasteiger charge is -2.14. The lowest BCUT2D eigenvalue weighted by atomic mass is 10.2. The summed E-state index contributed by atoms with van der Waals surface area (Å²) in [6, 6.07) is 9.09. The van der Waals surface area contributed by atoms with E-state index < -0.39 is 16.1 Å². The second-order valence-corrected chi connectivity index (χ2v) is 7.43. The molecule has 0 atom stereocenters. The number of benzene rings is 1. The molecule has 0 saturated carbocycles. The summed E-state index contributed by atoms with van der Waals surface area (Å²) in [6.07, 6.45) is 1.55. The van der Waals surface area contributed by atoms with Crippen molar-refractivity contribution in [1.82, 2.24) is 15.0 Å². The molecular weight excluding hydrogens is 356 g/mol. The zero-order valence-electron chi connectivity index (χ0n) is 14.8. The highest BCUT2D eigenvalue weighted by atomic mass is 32.2. The Balaban J connectivity index is 2.09. The van der Waals surface area contributed by atoms with E-state index in [1.165, 1.54) is 13.2 Å². The number of nitrogens with zero attached hydrogens (tertiary/aromatic N) is 1. The summed E-state index contributed by atoms with van der Waals surface area (Å²) in [4.78, 5) is 16.2. The Morgan fingerprint density at radius 1 is 1.19 bits per heavy atom. The van der Waals surface area contributed by atoms with Crippen LogP contribution >= 0.6 is 0 Å². The van der Waals surface area contributed by atoms with Gasteiger partial charge in [0.15, 0.2) is 0 Å². The Hall–Kier alpha value is -2.65. The van der Waals surface area contributed by atoms with Gasteiger partial charge in [0.25, 0.3) is 0 Å². The number of methoxy groups -OCH3 is 1. The van der Waals surface area contributed by atoms with Crippen molar-refractivity contribution in [2.45, 2.75) is 31.3 Å². The van der Waals surface area contributed by atoms with Crippen LogP contribution in [0.5, 0.6) is 5.88 Å². The van der Waals surface area contributed by atoms with Crippen molar-refractivity contribution < 1.29 is 17.9 Å². The second-order valence-electron chi connectivity index (χ2n) is 5.75. The monoisotopic (exact) mass is 378 g/mol. The molecular formula is C17H22N4O4S. The molecule has 2 amide bonds. The molecule has 2 aromatic rings. The molecule has 26 heavy (non-hydrogen) atoms. The lowest BCUT2D eigenvalue weighted by Crippen LogP contribution is -2.32. The largest absolute Gasteiger partial charge is 0.480 e. The number of anilines is 1. The summed E-state index contributed by atoms with van der Waals surface area (Å²) in [7, 11) is -2.21. The van der Waals surface area contributed by atoms with Crippen molar-refractivity contribution in [2.75, 3.05) is 12.4 Å². The van der Waals surface area contributed by atoms with Crippen LogP contribution in [-0.2, 0) is 16.6 Å². The van der Waals surface area contributed by atoms with Crippen LogP contribution in [0.15, 0.2) is 47.5 Å². The molecule has 0 radical (unpaired) electrons. The van der Waals surface area contributed by atoms with Crippen molar-refractivity contribution in [3.8, 4) is 5.88 Å². The minimum Gasteiger partial charge on any atom is -0.480 e. The van der Waals surface area contributed by atoms with Crippen LogP contribution < -0.4 is 20.1 Å². The minimum atomic E-state index is -3.66. The third kappa shape index (κ3) is 5.17. The van der Waals surface area contributed by atoms with Gasteiger partial charge in [-0.15, -0.1) is 0 Å². The Morgan fingerprint density at radius 3 is 2.62 bits per heavy atom. The Bertz CT molecular complexity index is 869. The van der Waals surface area contributed by atoms with Gasteiger partial charge < -0.3 is 15.4 Å². The maximum Gasteiger partial charge on any atom is 0.319 e. The molecule has 0 unspecified atom stereocenters. The number of hydrogen-bond acceptors (Lipinski definition) is 5. The molecule has 0 aliphatic heterocycles. The number of amides is 2. The molecule has 0 aliphatic rings. The van der Waals surface area contributed by atoms with Gasteiger partial charge in [0, 0.05) is 18.8 Å². The van der Waals surface area contributed by atoms with Crippen LogP contribution in [0, 0.1) is 0 Å². The lowest BCUT2D eigenvalue weighted by molar-refractivity contribution is 0.251. The smallest absolute Gasteiger partial charge is 0.319 e. The number of rotatable bonds is 7. The van der Waals surface area contributed by atoms with Crippen LogP contribution in [0.4, 0.5) is 10.5 Å². The van der Waals surface area contributed by atoms with E-state index in [4.69, 9.17) is 4.74 Å². The number of nitrogens with one attached hydrogen (secondary N) is 3. The standard InChI is InChI=1S/C17H22N4O4S/c1-12(2)21-26(23,24)15-9-5-4-7-13(15)11-19-17(22)20-14-8-6-10-18-16(14)25-3/h4-10,12,21H,11H2,1-3H3,(H2,19,20,22). The Labute approximate surface area is 153 Å². The third-order valence-electron chi connectivity index (χ3n) is 3.31. The highest BCUT2D eigenvalue weighted by Gasteiger charge is 2.19. The number of aromatic nitrogens is 1. The van der Waals surface area contributed by atoms with Gasteiger partial charge in [0.05, 0.1) is 12.0 Å². The van der Waals surface area contributed by atoms with E-state index in [2.05, 4.69) is 20.3 Å². The first-order chi connectivity index (χ1) is 12.3. The molecule has 3 N–H and O–H groups in total. The van der Waals surface area contributed by atoms with Crippen molar-refractivity contribution in [2.24, 2.45) is 0 Å². The first-order valence-electron chi connectivity index (χ1n) is 7.97. The van der Waals surface area contributed by atoms with E-state index in [1.807, 2.05) is 0 Å². The number of sulfonamides is 1. The van der Waals surface area contributed by atoms with Gasteiger partial charge in [-0.05, 0) is 37.6 Å². The Kier molecular flexibility index (Phi) is 6.53. The zero-order valence-corrected chi connectivity index (χ0v) is 15.6. The van der Waals surface area contributed by atoms with Crippen molar-refractivity contribution in [3.05, 3.63) is 48.2 Å². The number of urea groups is 1. The average Bonchev–Trinajstić information content (AvgIpc) is 2.59. The highest BCUT2D eigenvalue weighted by Crippen LogP contribution is 2.20. The summed E-state index contributed by atoms with van der Waals surface area (Å²) in [6.45, 7) is 3.53. The highest BCUT2D eigenvalue weighted by molar-refractivity contribution is 7.89. The van der Waals surface area contributed by atoms with Gasteiger partial charge in [0.1, 0.15) is 5.69 Å². The van der Waals surface area contributed by atoms with Gasteiger partial charge in [-0.25, -0.2) is 22.9 Å². The van der Waals surface area contributed by atoms with Gasteiger partial charge >= 0.3 is 6.03 Å². The molecule has 140 valence electrons. The van der Waals surface area contributed by atoms with Crippen LogP contribution in [0.3, 0.4) is 0 Å². The summed E-state index contributed by atoms with van der Waals surface area (Å²) >= 11 is 0. The van der Waals surface area contributed by atoms with Crippen molar-refractivity contribution >= 4 is 21.7 Å². The van der Waals surface area contributed by atoms with Gasteiger partial charge in [-0.1, -0.05) is 18.2 Å². The normalized spacial score (nSPS) is 11.2. The molecule has 1 aromatic carbocycles. The van der Waals surface area contributed by atoms with Crippen molar-refractivity contribution in [1.29, 1.82) is 0 Å². The van der Waals surface area contributed by atoms with E-state index >= 15 is 0 Å². The number of carbonyl (C=O) groups excluding carboxylic acids is 1. The fourth-order valence-electron chi connectivity index (χ4n) is 2.28. The molecule has 9 heteroatoms. The van der Waals surface area contributed by atoms with Crippen molar-refractivity contribution in [3.63, 3.8) is 0 Å². The molecule has 0 fully saturated rings. The number of ether oxygens (including phenoxy) is 1. The predicted molar refractivity (Wildman–Crippen MR) is 98.5 cm³/mol. The number of carbonyl (C=O) groups is 1. The molecule has 1 heterocycles. The first-order valence-corrected chi connectivity index (χ1v) is 9.46. The quantitative estimate of drug-likeness (QED) is 0.683. The molecule has 2 rings (SSSR count). The van der Waals surface area contributed by atoms with Crippen LogP contribution in [-0.4, -0.2) is 32.6 Å². The summed E-state index contributed by atoms with van der Waals surface area (Å²) in [5.74, 6) is 0.284. The summed E-state index contributed by atoms with van der Waals surface area (Å²) in [5.41, 5.74) is 0.892. The topological polar surface area (TPSA) is 109 Å². The maximum absolute atomic E-state index is 12.4. The minimum absolute atomic E-state index is 0.0452.